The molecule has 3 atom stereocenters. The SMILES string of the molecule is CC.CCCC.CNOc1cc(C2c3cc4c(cc3OC(C)(O)C2C(=O)OC)OCO4)cc(OC)c1ONC. The quantitative estimate of drug-likeness (QED) is 0.322. The molecule has 0 saturated heterocycles. The third-order valence-electron chi connectivity index (χ3n) is 6.06. The lowest BCUT2D eigenvalue weighted by molar-refractivity contribution is -0.197. The van der Waals surface area contributed by atoms with Gasteiger partial charge in [0.25, 0.3) is 0 Å². The van der Waals surface area contributed by atoms with Crippen molar-refractivity contribution in [1.82, 2.24) is 11.0 Å². The van der Waals surface area contributed by atoms with Crippen LogP contribution < -0.4 is 39.6 Å². The van der Waals surface area contributed by atoms with E-state index in [1.807, 2.05) is 13.8 Å². The van der Waals surface area contributed by atoms with Crippen molar-refractivity contribution in [3.8, 4) is 34.5 Å². The Balaban J connectivity index is 0.000000815. The lowest BCUT2D eigenvalue weighted by Gasteiger charge is -2.42. The molecule has 218 valence electrons. The summed E-state index contributed by atoms with van der Waals surface area (Å²) in [6.07, 6.45) is 2.64. The number of hydrogen-bond acceptors (Lipinski definition) is 11. The summed E-state index contributed by atoms with van der Waals surface area (Å²) in [5.74, 6) is -2.15. The van der Waals surface area contributed by atoms with Crippen molar-refractivity contribution < 1.29 is 43.3 Å². The molecule has 0 aromatic heterocycles. The van der Waals surface area contributed by atoms with Gasteiger partial charge >= 0.3 is 5.97 Å². The summed E-state index contributed by atoms with van der Waals surface area (Å²) in [7, 11) is 5.92. The molecule has 0 amide bonds. The second-order valence-corrected chi connectivity index (χ2v) is 8.54. The molecule has 39 heavy (non-hydrogen) atoms. The van der Waals surface area contributed by atoms with Gasteiger partial charge < -0.3 is 38.5 Å². The zero-order valence-corrected chi connectivity index (χ0v) is 24.3. The van der Waals surface area contributed by atoms with Crippen LogP contribution in [0.1, 0.15) is 64.5 Å². The van der Waals surface area contributed by atoms with Crippen LogP contribution in [0.5, 0.6) is 34.5 Å². The molecular weight excluding hydrogens is 508 g/mol. The van der Waals surface area contributed by atoms with Gasteiger partial charge in [-0.05, 0) is 23.8 Å². The summed E-state index contributed by atoms with van der Waals surface area (Å²) >= 11 is 0. The lowest BCUT2D eigenvalue weighted by Crippen LogP contribution is -2.51. The number of carbonyl (C=O) groups excluding carboxylic acids is 1. The maximum atomic E-state index is 12.9. The largest absolute Gasteiger partial charge is 0.493 e. The molecule has 4 rings (SSSR count). The van der Waals surface area contributed by atoms with Crippen LogP contribution >= 0.6 is 0 Å². The molecule has 0 bridgehead atoms. The number of unbranched alkanes of at least 4 members (excludes halogenated alkanes) is 1. The number of esters is 1. The Morgan fingerprint density at radius 1 is 0.974 bits per heavy atom. The number of benzene rings is 2. The Morgan fingerprint density at radius 3 is 2.10 bits per heavy atom. The van der Waals surface area contributed by atoms with E-state index in [9.17, 15) is 9.90 Å². The fraction of sp³-hybridized carbons (Fsp3) is 0.536. The van der Waals surface area contributed by atoms with Crippen LogP contribution in [-0.4, -0.2) is 52.0 Å². The van der Waals surface area contributed by atoms with E-state index in [2.05, 4.69) is 24.8 Å². The van der Waals surface area contributed by atoms with Crippen molar-refractivity contribution in [2.45, 2.75) is 59.2 Å². The summed E-state index contributed by atoms with van der Waals surface area (Å²) in [6.45, 7) is 9.83. The maximum Gasteiger partial charge on any atom is 0.316 e. The topological polar surface area (TPSA) is 126 Å². The molecule has 0 spiro atoms. The Morgan fingerprint density at radius 2 is 1.56 bits per heavy atom. The van der Waals surface area contributed by atoms with E-state index in [1.54, 1.807) is 38.4 Å². The highest BCUT2D eigenvalue weighted by atomic mass is 16.7. The predicted octanol–water partition coefficient (Wildman–Crippen LogP) is 4.30. The number of nitrogens with one attached hydrogen (secondary N) is 2. The molecular formula is C28H42N2O9. The van der Waals surface area contributed by atoms with Gasteiger partial charge in [0, 0.05) is 38.6 Å². The highest BCUT2D eigenvalue weighted by Gasteiger charge is 2.52. The number of aliphatic hydroxyl groups is 1. The maximum absolute atomic E-state index is 12.9. The molecule has 0 aliphatic carbocycles. The monoisotopic (exact) mass is 550 g/mol. The first-order chi connectivity index (χ1) is 18.8. The van der Waals surface area contributed by atoms with Crippen molar-refractivity contribution in [2.24, 2.45) is 5.92 Å². The van der Waals surface area contributed by atoms with Crippen LogP contribution in [-0.2, 0) is 9.53 Å². The van der Waals surface area contributed by atoms with Gasteiger partial charge in [0.1, 0.15) is 11.7 Å². The number of hydroxylamine groups is 2. The second-order valence-electron chi connectivity index (χ2n) is 8.54. The van der Waals surface area contributed by atoms with Gasteiger partial charge in [0.2, 0.25) is 18.3 Å². The molecule has 2 aromatic rings. The highest BCUT2D eigenvalue weighted by molar-refractivity contribution is 5.77. The number of hydrogen-bond donors (Lipinski definition) is 3. The van der Waals surface area contributed by atoms with Crippen LogP contribution in [0.25, 0.3) is 0 Å². The Bertz CT molecular complexity index is 1090. The Kier molecular flexibility index (Phi) is 12.0. The average molecular weight is 551 g/mol. The van der Waals surface area contributed by atoms with Gasteiger partial charge in [0.05, 0.1) is 14.2 Å². The van der Waals surface area contributed by atoms with E-state index in [1.165, 1.54) is 34.0 Å². The molecule has 11 nitrogen and oxygen atoms in total. The third kappa shape index (κ3) is 6.97. The third-order valence-corrected chi connectivity index (χ3v) is 6.06. The molecule has 2 aliphatic rings. The Hall–Kier alpha value is -3.41. The van der Waals surface area contributed by atoms with Gasteiger partial charge in [-0.15, -0.1) is 0 Å². The fourth-order valence-electron chi connectivity index (χ4n) is 4.22. The van der Waals surface area contributed by atoms with E-state index in [4.69, 9.17) is 33.4 Å². The van der Waals surface area contributed by atoms with Crippen LogP contribution in [0, 0.1) is 5.92 Å². The van der Waals surface area contributed by atoms with Crippen LogP contribution in [0.15, 0.2) is 24.3 Å². The van der Waals surface area contributed by atoms with Gasteiger partial charge in [-0.3, -0.25) is 4.79 Å². The zero-order valence-electron chi connectivity index (χ0n) is 24.3. The smallest absolute Gasteiger partial charge is 0.316 e. The minimum atomic E-state index is -1.89. The van der Waals surface area contributed by atoms with E-state index >= 15 is 0 Å². The standard InChI is InChI=1S/C22H26N2O9.C4H10.C2H6/c1-22(26)19(21(25)28-5)18(12-8-14-15(30-10-29-14)9-13(12)31-22)11-6-16(27-4)20(33-24-3)17(7-11)32-23-2;1-3-4-2;1-2/h6-9,18-19,23-24,26H,10H2,1-5H3;3-4H2,1-2H3;1-2H3. The fourth-order valence-corrected chi connectivity index (χ4v) is 4.22. The minimum absolute atomic E-state index is 0.0593. The van der Waals surface area contributed by atoms with Crippen molar-refractivity contribution >= 4 is 5.97 Å². The molecule has 2 aromatic carbocycles. The second kappa shape index (κ2) is 14.7. The number of methoxy groups -OCH3 is 2. The van der Waals surface area contributed by atoms with E-state index in [0.717, 1.165) is 0 Å². The van der Waals surface area contributed by atoms with Crippen LogP contribution in [0.2, 0.25) is 0 Å². The molecule has 3 unspecified atom stereocenters. The van der Waals surface area contributed by atoms with Crippen LogP contribution in [0.4, 0.5) is 0 Å². The first-order valence-corrected chi connectivity index (χ1v) is 13.1. The number of carbonyl (C=O) groups is 1. The van der Waals surface area contributed by atoms with E-state index < -0.39 is 23.6 Å². The zero-order chi connectivity index (χ0) is 29.2. The first kappa shape index (κ1) is 31.8. The molecule has 3 N–H and O–H groups in total. The van der Waals surface area contributed by atoms with Crippen molar-refractivity contribution in [3.63, 3.8) is 0 Å². The molecule has 2 aliphatic heterocycles. The summed E-state index contributed by atoms with van der Waals surface area (Å²) in [4.78, 5) is 23.9. The molecule has 2 heterocycles. The van der Waals surface area contributed by atoms with E-state index in [-0.39, 0.29) is 12.5 Å². The van der Waals surface area contributed by atoms with Gasteiger partial charge in [0.15, 0.2) is 23.0 Å². The molecule has 0 radical (unpaired) electrons. The average Bonchev–Trinajstić information content (AvgIpc) is 3.40. The van der Waals surface area contributed by atoms with Crippen molar-refractivity contribution in [2.75, 3.05) is 35.1 Å². The first-order valence-electron chi connectivity index (χ1n) is 13.1. The highest BCUT2D eigenvalue weighted by Crippen LogP contribution is 2.53. The van der Waals surface area contributed by atoms with Crippen molar-refractivity contribution in [1.29, 1.82) is 0 Å². The van der Waals surface area contributed by atoms with Crippen molar-refractivity contribution in [3.05, 3.63) is 35.4 Å². The number of ether oxygens (including phenoxy) is 5. The molecule has 0 saturated carbocycles. The van der Waals surface area contributed by atoms with Gasteiger partial charge in [-0.25, -0.2) is 0 Å². The minimum Gasteiger partial charge on any atom is -0.493 e. The normalized spacial score (nSPS) is 20.2. The Labute approximate surface area is 230 Å². The number of rotatable bonds is 8. The van der Waals surface area contributed by atoms with Gasteiger partial charge in [-0.2, -0.15) is 11.0 Å². The summed E-state index contributed by atoms with van der Waals surface area (Å²) in [5.41, 5.74) is 6.39. The summed E-state index contributed by atoms with van der Waals surface area (Å²) in [6, 6.07) is 6.75. The lowest BCUT2D eigenvalue weighted by atomic mass is 9.74. The summed E-state index contributed by atoms with van der Waals surface area (Å²) < 4.78 is 27.4. The molecule has 11 heteroatoms. The van der Waals surface area contributed by atoms with Gasteiger partial charge in [-0.1, -0.05) is 40.5 Å². The number of fused-ring (bicyclic) bond motifs is 2. The van der Waals surface area contributed by atoms with Crippen LogP contribution in [0.3, 0.4) is 0 Å². The predicted molar refractivity (Wildman–Crippen MR) is 145 cm³/mol. The van der Waals surface area contributed by atoms with E-state index in [0.29, 0.717) is 39.9 Å². The molecule has 0 fully saturated rings. The summed E-state index contributed by atoms with van der Waals surface area (Å²) in [5, 5.41) is 11.2.